The van der Waals surface area contributed by atoms with Crippen molar-refractivity contribution in [3.8, 4) is 5.75 Å². The first kappa shape index (κ1) is 15.8. The van der Waals surface area contributed by atoms with E-state index in [2.05, 4.69) is 0 Å². The minimum atomic E-state index is 0.146. The van der Waals surface area contributed by atoms with Crippen molar-refractivity contribution < 1.29 is 14.6 Å². The van der Waals surface area contributed by atoms with Gasteiger partial charge in [-0.3, -0.25) is 4.79 Å². The molecule has 1 aromatic rings. The summed E-state index contributed by atoms with van der Waals surface area (Å²) < 4.78 is 5.61. The number of para-hydroxylation sites is 1. The Hall–Kier alpha value is -1.55. The van der Waals surface area contributed by atoms with E-state index in [1.54, 1.807) is 0 Å². The third kappa shape index (κ3) is 5.05. The Bertz CT molecular complexity index is 417. The van der Waals surface area contributed by atoms with Crippen LogP contribution in [0.1, 0.15) is 38.5 Å². The van der Waals surface area contributed by atoms with Crippen LogP contribution in [0.2, 0.25) is 0 Å². The topological polar surface area (TPSA) is 49.8 Å². The van der Waals surface area contributed by atoms with Gasteiger partial charge in [-0.25, -0.2) is 0 Å². The number of amides is 1. The molecule has 0 bridgehead atoms. The van der Waals surface area contributed by atoms with Crippen LogP contribution in [0.25, 0.3) is 0 Å². The molecule has 1 N–H and O–H groups in total. The first-order chi connectivity index (χ1) is 10.3. The summed E-state index contributed by atoms with van der Waals surface area (Å²) in [6.45, 7) is 1.39. The molecule has 1 saturated carbocycles. The van der Waals surface area contributed by atoms with E-state index in [-0.39, 0.29) is 12.5 Å². The van der Waals surface area contributed by atoms with Crippen LogP contribution in [-0.4, -0.2) is 41.7 Å². The summed E-state index contributed by atoms with van der Waals surface area (Å²) in [4.78, 5) is 14.2. The van der Waals surface area contributed by atoms with Crippen LogP contribution in [0.5, 0.6) is 5.75 Å². The number of hydrogen-bond donors (Lipinski definition) is 1. The van der Waals surface area contributed by atoms with Crippen molar-refractivity contribution in [2.45, 2.75) is 44.6 Å². The Kier molecular flexibility index (Phi) is 6.54. The summed E-state index contributed by atoms with van der Waals surface area (Å²) in [7, 11) is 0. The molecular weight excluding hydrogens is 266 g/mol. The minimum Gasteiger partial charge on any atom is -0.494 e. The van der Waals surface area contributed by atoms with Crippen LogP contribution in [-0.2, 0) is 4.79 Å². The number of ether oxygens (including phenoxy) is 1. The molecule has 2 rings (SSSR count). The van der Waals surface area contributed by atoms with Gasteiger partial charge in [0, 0.05) is 25.6 Å². The lowest BCUT2D eigenvalue weighted by atomic mass is 9.91. The van der Waals surface area contributed by atoms with Crippen molar-refractivity contribution in [1.29, 1.82) is 0 Å². The molecule has 0 heterocycles. The van der Waals surface area contributed by atoms with E-state index in [9.17, 15) is 4.79 Å². The summed E-state index contributed by atoms with van der Waals surface area (Å²) in [5, 5.41) is 8.95. The van der Waals surface area contributed by atoms with E-state index in [0.717, 1.165) is 25.0 Å². The summed E-state index contributed by atoms with van der Waals surface area (Å²) in [6, 6.07) is 10.1. The molecule has 0 saturated heterocycles. The number of aliphatic hydroxyl groups is 1. The van der Waals surface area contributed by atoms with Crippen molar-refractivity contribution >= 4 is 5.91 Å². The van der Waals surface area contributed by atoms with Gasteiger partial charge in [0.1, 0.15) is 5.75 Å². The first-order valence-corrected chi connectivity index (χ1v) is 7.89. The molecule has 0 spiro atoms. The maximum atomic E-state index is 12.3. The fourth-order valence-electron chi connectivity index (χ4n) is 2.52. The molecule has 4 heteroatoms. The third-order valence-corrected chi connectivity index (χ3v) is 3.94. The molecule has 0 unspecified atom stereocenters. The van der Waals surface area contributed by atoms with Gasteiger partial charge < -0.3 is 14.7 Å². The quantitative estimate of drug-likeness (QED) is 0.712. The van der Waals surface area contributed by atoms with Crippen molar-refractivity contribution in [2.24, 2.45) is 0 Å². The van der Waals surface area contributed by atoms with Crippen molar-refractivity contribution in [3.05, 3.63) is 30.3 Å². The highest BCUT2D eigenvalue weighted by atomic mass is 16.5. The van der Waals surface area contributed by atoms with Gasteiger partial charge in [0.2, 0.25) is 5.91 Å². The molecular formula is C17H25NO3. The fourth-order valence-corrected chi connectivity index (χ4v) is 2.52. The van der Waals surface area contributed by atoms with Crippen molar-refractivity contribution in [3.63, 3.8) is 0 Å². The average molecular weight is 291 g/mol. The molecule has 1 fully saturated rings. The Morgan fingerprint density at radius 3 is 2.62 bits per heavy atom. The zero-order chi connectivity index (χ0) is 14.9. The van der Waals surface area contributed by atoms with Crippen LogP contribution in [0.15, 0.2) is 30.3 Å². The van der Waals surface area contributed by atoms with Gasteiger partial charge in [0.15, 0.2) is 0 Å². The summed E-state index contributed by atoms with van der Waals surface area (Å²) in [5.74, 6) is 1.05. The maximum Gasteiger partial charge on any atom is 0.222 e. The van der Waals surface area contributed by atoms with Crippen molar-refractivity contribution in [1.82, 2.24) is 4.90 Å². The van der Waals surface area contributed by atoms with E-state index < -0.39 is 0 Å². The van der Waals surface area contributed by atoms with E-state index in [1.807, 2.05) is 35.2 Å². The smallest absolute Gasteiger partial charge is 0.222 e. The van der Waals surface area contributed by atoms with E-state index in [1.165, 1.54) is 6.42 Å². The largest absolute Gasteiger partial charge is 0.494 e. The number of aliphatic hydroxyl groups excluding tert-OH is 1. The number of carbonyl (C=O) groups excluding carboxylic acids is 1. The Morgan fingerprint density at radius 2 is 2.00 bits per heavy atom. The van der Waals surface area contributed by atoms with Gasteiger partial charge in [-0.05, 0) is 44.2 Å². The third-order valence-electron chi connectivity index (χ3n) is 3.94. The van der Waals surface area contributed by atoms with Gasteiger partial charge in [-0.2, -0.15) is 0 Å². The molecule has 1 aliphatic carbocycles. The van der Waals surface area contributed by atoms with Crippen LogP contribution >= 0.6 is 0 Å². The number of nitrogens with zero attached hydrogens (tertiary/aromatic N) is 1. The highest BCUT2D eigenvalue weighted by Gasteiger charge is 2.27. The van der Waals surface area contributed by atoms with Crippen LogP contribution < -0.4 is 4.74 Å². The minimum absolute atomic E-state index is 0.146. The molecule has 4 nitrogen and oxygen atoms in total. The molecule has 0 aliphatic heterocycles. The molecule has 0 atom stereocenters. The summed E-state index contributed by atoms with van der Waals surface area (Å²) in [6.07, 6.45) is 5.35. The molecule has 0 radical (unpaired) electrons. The zero-order valence-corrected chi connectivity index (χ0v) is 12.5. The highest BCUT2D eigenvalue weighted by molar-refractivity contribution is 5.76. The molecule has 1 aromatic carbocycles. The predicted molar refractivity (Wildman–Crippen MR) is 82.2 cm³/mol. The fraction of sp³-hybridized carbons (Fsp3) is 0.588. The number of hydrogen-bond acceptors (Lipinski definition) is 3. The molecule has 21 heavy (non-hydrogen) atoms. The van der Waals surface area contributed by atoms with E-state index >= 15 is 0 Å². The van der Waals surface area contributed by atoms with Crippen LogP contribution in [0.4, 0.5) is 0 Å². The lowest BCUT2D eigenvalue weighted by Crippen LogP contribution is -2.45. The molecule has 0 aromatic heterocycles. The summed E-state index contributed by atoms with van der Waals surface area (Å²) >= 11 is 0. The summed E-state index contributed by atoms with van der Waals surface area (Å²) in [5.41, 5.74) is 0. The zero-order valence-electron chi connectivity index (χ0n) is 12.5. The molecule has 116 valence electrons. The van der Waals surface area contributed by atoms with Gasteiger partial charge >= 0.3 is 0 Å². The Balaban J connectivity index is 1.68. The standard InChI is InChI=1S/C17H25NO3/c19-13-6-12-18(15-7-4-8-15)17(20)11-5-14-21-16-9-2-1-3-10-16/h1-3,9-10,15,19H,4-8,11-14H2. The first-order valence-electron chi connectivity index (χ1n) is 7.89. The lowest BCUT2D eigenvalue weighted by molar-refractivity contribution is -0.135. The Labute approximate surface area is 126 Å². The van der Waals surface area contributed by atoms with Gasteiger partial charge in [0.25, 0.3) is 0 Å². The lowest BCUT2D eigenvalue weighted by Gasteiger charge is -2.37. The van der Waals surface area contributed by atoms with Crippen molar-refractivity contribution in [2.75, 3.05) is 19.8 Å². The monoisotopic (exact) mass is 291 g/mol. The van der Waals surface area contributed by atoms with E-state index in [4.69, 9.17) is 9.84 Å². The molecule has 1 amide bonds. The van der Waals surface area contributed by atoms with Gasteiger partial charge in [-0.1, -0.05) is 18.2 Å². The second kappa shape index (κ2) is 8.67. The van der Waals surface area contributed by atoms with Crippen LogP contribution in [0, 0.1) is 0 Å². The second-order valence-corrected chi connectivity index (χ2v) is 5.51. The molecule has 1 aliphatic rings. The van der Waals surface area contributed by atoms with Crippen LogP contribution in [0.3, 0.4) is 0 Å². The van der Waals surface area contributed by atoms with E-state index in [0.29, 0.717) is 32.0 Å². The van der Waals surface area contributed by atoms with Gasteiger partial charge in [0.05, 0.1) is 6.61 Å². The SMILES string of the molecule is O=C(CCCOc1ccccc1)N(CCCO)C1CCC1. The number of rotatable bonds is 9. The average Bonchev–Trinajstić information content (AvgIpc) is 2.46. The maximum absolute atomic E-state index is 12.3. The van der Waals surface area contributed by atoms with Gasteiger partial charge in [-0.15, -0.1) is 0 Å². The highest BCUT2D eigenvalue weighted by Crippen LogP contribution is 2.25. The predicted octanol–water partition coefficient (Wildman–Crippen LogP) is 2.61. The number of carbonyl (C=O) groups is 1. The second-order valence-electron chi connectivity index (χ2n) is 5.51. The normalized spacial score (nSPS) is 14.5. The number of benzene rings is 1. The Morgan fingerprint density at radius 1 is 1.24 bits per heavy atom.